The van der Waals surface area contributed by atoms with Crippen LogP contribution in [0.4, 0.5) is 5.69 Å². The second-order valence-corrected chi connectivity index (χ2v) is 7.34. The Morgan fingerprint density at radius 2 is 1.81 bits per heavy atom. The summed E-state index contributed by atoms with van der Waals surface area (Å²) in [4.78, 5) is 13.2. The van der Waals surface area contributed by atoms with Crippen LogP contribution in [0.1, 0.15) is 17.5 Å². The topological polar surface area (TPSA) is 64.3 Å². The molecule has 0 fully saturated rings. The number of hydrogen-bond donors (Lipinski definition) is 2. The van der Waals surface area contributed by atoms with Crippen LogP contribution in [-0.2, 0) is 15.1 Å². The smallest absolute Gasteiger partial charge is 0.266 e. The summed E-state index contributed by atoms with van der Waals surface area (Å²) in [6.07, 6.45) is 0.628. The number of hydrogen-bond acceptors (Lipinski definition) is 3. The molecule has 4 nitrogen and oxygen atoms in total. The molecule has 1 aliphatic rings. The van der Waals surface area contributed by atoms with E-state index in [-0.39, 0.29) is 5.91 Å². The van der Waals surface area contributed by atoms with E-state index in [0.717, 1.165) is 16.3 Å². The van der Waals surface area contributed by atoms with Gasteiger partial charge in [-0.3, -0.25) is 4.79 Å². The van der Waals surface area contributed by atoms with Crippen molar-refractivity contribution < 1.29 is 9.53 Å². The van der Waals surface area contributed by atoms with Gasteiger partial charge in [-0.15, -0.1) is 0 Å². The number of nitrogens with two attached hydrogens (primary N) is 1. The third-order valence-corrected chi connectivity index (χ3v) is 5.31. The number of fused-ring (bicyclic) bond motifs is 2. The van der Waals surface area contributed by atoms with Gasteiger partial charge < -0.3 is 15.8 Å². The van der Waals surface area contributed by atoms with Crippen LogP contribution < -0.4 is 11.1 Å². The summed E-state index contributed by atoms with van der Waals surface area (Å²) in [5, 5.41) is 5.82. The van der Waals surface area contributed by atoms with E-state index in [1.54, 1.807) is 12.1 Å². The molecule has 0 spiro atoms. The van der Waals surface area contributed by atoms with Crippen molar-refractivity contribution in [2.24, 2.45) is 5.73 Å². The molecule has 1 heterocycles. The maximum atomic E-state index is 13.2. The number of carbonyl (C=O) groups is 1. The maximum Gasteiger partial charge on any atom is 0.266 e. The molecule has 0 saturated carbocycles. The largest absolute Gasteiger partial charge is 0.356 e. The highest BCUT2D eigenvalue weighted by molar-refractivity contribution is 6.37. The minimum atomic E-state index is -1.34. The van der Waals surface area contributed by atoms with Crippen LogP contribution in [0, 0.1) is 0 Å². The number of anilines is 1. The molecule has 138 valence electrons. The standard InChI is InChI=1S/C21H18Cl2N2O2/c22-16-11-17(23)19-18(12-16)25-20(26)21(19,27-9-3-8-24)15-7-6-13-4-1-2-5-14(13)10-15/h1-2,4-7,10-12H,3,8-9,24H2,(H,25,26). The van der Waals surface area contributed by atoms with E-state index < -0.39 is 5.60 Å². The molecule has 3 aromatic carbocycles. The van der Waals surface area contributed by atoms with Gasteiger partial charge in [-0.1, -0.05) is 59.6 Å². The van der Waals surface area contributed by atoms with E-state index in [1.165, 1.54) is 0 Å². The first-order chi connectivity index (χ1) is 13.1. The first-order valence-electron chi connectivity index (χ1n) is 8.70. The van der Waals surface area contributed by atoms with E-state index in [4.69, 9.17) is 33.7 Å². The summed E-state index contributed by atoms with van der Waals surface area (Å²) in [6.45, 7) is 0.797. The first-order valence-corrected chi connectivity index (χ1v) is 9.46. The molecule has 0 aliphatic carbocycles. The van der Waals surface area contributed by atoms with Gasteiger partial charge in [-0.05, 0) is 47.5 Å². The fraction of sp³-hybridized carbons (Fsp3) is 0.190. The average Bonchev–Trinajstić information content (AvgIpc) is 2.94. The molecule has 0 radical (unpaired) electrons. The average molecular weight is 401 g/mol. The van der Waals surface area contributed by atoms with Crippen LogP contribution in [0.25, 0.3) is 10.8 Å². The lowest BCUT2D eigenvalue weighted by Gasteiger charge is -2.29. The highest BCUT2D eigenvalue weighted by Gasteiger charge is 2.51. The number of carbonyl (C=O) groups excluding carboxylic acids is 1. The molecule has 6 heteroatoms. The summed E-state index contributed by atoms with van der Waals surface area (Å²) in [5.74, 6) is -0.283. The Kier molecular flexibility index (Phi) is 4.82. The Labute approximate surface area is 167 Å². The summed E-state index contributed by atoms with van der Waals surface area (Å²) < 4.78 is 6.21. The number of rotatable bonds is 5. The van der Waals surface area contributed by atoms with Crippen LogP contribution in [-0.4, -0.2) is 19.1 Å². The van der Waals surface area contributed by atoms with Crippen LogP contribution in [0.2, 0.25) is 10.0 Å². The van der Waals surface area contributed by atoms with Gasteiger partial charge in [0, 0.05) is 10.6 Å². The molecule has 1 amide bonds. The zero-order valence-corrected chi connectivity index (χ0v) is 16.0. The van der Waals surface area contributed by atoms with Crippen molar-refractivity contribution >= 4 is 45.6 Å². The molecule has 27 heavy (non-hydrogen) atoms. The van der Waals surface area contributed by atoms with Gasteiger partial charge >= 0.3 is 0 Å². The SMILES string of the molecule is NCCCOC1(c2ccc3ccccc3c2)C(=O)Nc2cc(Cl)cc(Cl)c21. The normalized spacial score (nSPS) is 18.6. The van der Waals surface area contributed by atoms with E-state index in [0.29, 0.717) is 40.9 Å². The Morgan fingerprint density at radius 1 is 1.04 bits per heavy atom. The molecule has 1 unspecified atom stereocenters. The Hall–Kier alpha value is -2.11. The fourth-order valence-corrected chi connectivity index (χ4v) is 4.19. The molecule has 3 aromatic rings. The quantitative estimate of drug-likeness (QED) is 0.609. The zero-order valence-electron chi connectivity index (χ0n) is 14.5. The number of nitrogens with one attached hydrogen (secondary N) is 1. The van der Waals surface area contributed by atoms with Gasteiger partial charge in [0.05, 0.1) is 17.3 Å². The summed E-state index contributed by atoms with van der Waals surface area (Å²) in [6, 6.07) is 17.1. The molecule has 3 N–H and O–H groups in total. The minimum Gasteiger partial charge on any atom is -0.356 e. The second kappa shape index (κ2) is 7.13. The molecule has 1 aliphatic heterocycles. The van der Waals surface area contributed by atoms with Crippen molar-refractivity contribution in [2.75, 3.05) is 18.5 Å². The van der Waals surface area contributed by atoms with Crippen LogP contribution in [0.5, 0.6) is 0 Å². The monoisotopic (exact) mass is 400 g/mol. The lowest BCUT2D eigenvalue weighted by molar-refractivity contribution is -0.135. The summed E-state index contributed by atoms with van der Waals surface area (Å²) in [7, 11) is 0. The fourth-order valence-electron chi connectivity index (χ4n) is 3.57. The zero-order chi connectivity index (χ0) is 19.0. The second-order valence-electron chi connectivity index (χ2n) is 6.50. The summed E-state index contributed by atoms with van der Waals surface area (Å²) in [5.41, 5.74) is 6.17. The summed E-state index contributed by atoms with van der Waals surface area (Å²) >= 11 is 12.7. The highest BCUT2D eigenvalue weighted by Crippen LogP contribution is 2.48. The number of halogens is 2. The van der Waals surface area contributed by atoms with Gasteiger partial charge in [0.1, 0.15) is 0 Å². The number of amides is 1. The predicted octanol–water partition coefficient (Wildman–Crippen LogP) is 4.71. The Balaban J connectivity index is 1.95. The molecular weight excluding hydrogens is 383 g/mol. The van der Waals surface area contributed by atoms with Gasteiger partial charge in [-0.2, -0.15) is 0 Å². The molecule has 1 atom stereocenters. The Bertz CT molecular complexity index is 1040. The van der Waals surface area contributed by atoms with Gasteiger partial charge in [-0.25, -0.2) is 0 Å². The first kappa shape index (κ1) is 18.3. The van der Waals surface area contributed by atoms with Crippen LogP contribution >= 0.6 is 23.2 Å². The van der Waals surface area contributed by atoms with E-state index >= 15 is 0 Å². The van der Waals surface area contributed by atoms with Crippen molar-refractivity contribution in [1.29, 1.82) is 0 Å². The van der Waals surface area contributed by atoms with Gasteiger partial charge in [0.15, 0.2) is 0 Å². The third kappa shape index (κ3) is 2.99. The van der Waals surface area contributed by atoms with Crippen molar-refractivity contribution in [1.82, 2.24) is 0 Å². The third-order valence-electron chi connectivity index (χ3n) is 4.80. The maximum absolute atomic E-state index is 13.2. The number of benzene rings is 3. The van der Waals surface area contributed by atoms with Crippen molar-refractivity contribution in [3.8, 4) is 0 Å². The van der Waals surface area contributed by atoms with Crippen LogP contribution in [0.3, 0.4) is 0 Å². The minimum absolute atomic E-state index is 0.283. The van der Waals surface area contributed by atoms with E-state index in [1.807, 2.05) is 42.5 Å². The molecule has 4 rings (SSSR count). The van der Waals surface area contributed by atoms with Crippen LogP contribution in [0.15, 0.2) is 54.6 Å². The van der Waals surface area contributed by atoms with E-state index in [2.05, 4.69) is 5.32 Å². The van der Waals surface area contributed by atoms with Crippen molar-refractivity contribution in [3.63, 3.8) is 0 Å². The Morgan fingerprint density at radius 3 is 2.59 bits per heavy atom. The lowest BCUT2D eigenvalue weighted by atomic mass is 9.86. The molecule has 0 saturated heterocycles. The highest BCUT2D eigenvalue weighted by atomic mass is 35.5. The molecule has 0 aromatic heterocycles. The lowest BCUT2D eigenvalue weighted by Crippen LogP contribution is -2.39. The van der Waals surface area contributed by atoms with Gasteiger partial charge in [0.25, 0.3) is 5.91 Å². The van der Waals surface area contributed by atoms with Crippen molar-refractivity contribution in [3.05, 3.63) is 75.8 Å². The van der Waals surface area contributed by atoms with Crippen molar-refractivity contribution in [2.45, 2.75) is 12.0 Å². The molecular formula is C21H18Cl2N2O2. The van der Waals surface area contributed by atoms with E-state index in [9.17, 15) is 4.79 Å². The number of ether oxygens (including phenoxy) is 1. The predicted molar refractivity (Wildman–Crippen MR) is 109 cm³/mol. The molecule has 0 bridgehead atoms. The van der Waals surface area contributed by atoms with Gasteiger partial charge in [0.2, 0.25) is 5.60 Å².